The smallest absolute Gasteiger partial charge is 0.255 e. The van der Waals surface area contributed by atoms with E-state index in [0.29, 0.717) is 35.2 Å². The van der Waals surface area contributed by atoms with Gasteiger partial charge in [-0.2, -0.15) is 4.68 Å². The molecule has 0 saturated heterocycles. The molecule has 0 fully saturated rings. The minimum Gasteiger partial charge on any atom is -0.493 e. The molecule has 1 heterocycles. The van der Waals surface area contributed by atoms with E-state index < -0.39 is 0 Å². The molecule has 29 heavy (non-hydrogen) atoms. The highest BCUT2D eigenvalue weighted by molar-refractivity contribution is 6.04. The third-order valence-corrected chi connectivity index (χ3v) is 4.50. The Bertz CT molecular complexity index is 1000. The fraction of sp³-hybridized carbons (Fsp3) is 0.333. The molecule has 1 amide bonds. The number of aromatic nitrogens is 4. The SMILES string of the molecule is CCCCOc1ccc(C(=O)Nc2ccc(C)c(-n3nnnc3C)c2)cc1OC. The van der Waals surface area contributed by atoms with Gasteiger partial charge in [0.1, 0.15) is 0 Å². The number of nitrogens with one attached hydrogen (secondary N) is 1. The summed E-state index contributed by atoms with van der Waals surface area (Å²) in [4.78, 5) is 12.7. The molecule has 3 aromatic rings. The number of rotatable bonds is 8. The van der Waals surface area contributed by atoms with Crippen molar-refractivity contribution in [3.63, 3.8) is 0 Å². The second-order valence-corrected chi connectivity index (χ2v) is 6.66. The monoisotopic (exact) mass is 395 g/mol. The average Bonchev–Trinajstić information content (AvgIpc) is 3.15. The highest BCUT2D eigenvalue weighted by Gasteiger charge is 2.13. The standard InChI is InChI=1S/C21H25N5O3/c1-5-6-11-29-19-10-8-16(12-20(19)28-4)21(27)22-17-9-7-14(2)18(13-17)26-15(3)23-24-25-26/h7-10,12-13H,5-6,11H2,1-4H3,(H,22,27). The van der Waals surface area contributed by atoms with Crippen molar-refractivity contribution in [1.29, 1.82) is 0 Å². The van der Waals surface area contributed by atoms with Crippen LogP contribution in [-0.4, -0.2) is 39.8 Å². The maximum absolute atomic E-state index is 12.7. The van der Waals surface area contributed by atoms with E-state index >= 15 is 0 Å². The van der Waals surface area contributed by atoms with Gasteiger partial charge in [-0.3, -0.25) is 4.79 Å². The Labute approximate surface area is 169 Å². The van der Waals surface area contributed by atoms with Gasteiger partial charge in [-0.25, -0.2) is 0 Å². The molecule has 8 heteroatoms. The van der Waals surface area contributed by atoms with Crippen molar-refractivity contribution in [1.82, 2.24) is 20.2 Å². The van der Waals surface area contributed by atoms with E-state index in [4.69, 9.17) is 9.47 Å². The lowest BCUT2D eigenvalue weighted by atomic mass is 10.1. The number of anilines is 1. The summed E-state index contributed by atoms with van der Waals surface area (Å²) >= 11 is 0. The predicted molar refractivity (Wildman–Crippen MR) is 110 cm³/mol. The fourth-order valence-corrected chi connectivity index (χ4v) is 2.83. The Morgan fingerprint density at radius 2 is 1.97 bits per heavy atom. The molecule has 0 aliphatic rings. The first-order valence-electron chi connectivity index (χ1n) is 9.51. The molecule has 1 N–H and O–H groups in total. The molecule has 0 radical (unpaired) electrons. The van der Waals surface area contributed by atoms with Crippen LogP contribution in [0.3, 0.4) is 0 Å². The number of hydrogen-bond donors (Lipinski definition) is 1. The van der Waals surface area contributed by atoms with Crippen molar-refractivity contribution in [2.75, 3.05) is 19.0 Å². The third-order valence-electron chi connectivity index (χ3n) is 4.50. The molecule has 0 saturated carbocycles. The number of ether oxygens (including phenoxy) is 2. The van der Waals surface area contributed by atoms with Crippen LogP contribution < -0.4 is 14.8 Å². The Morgan fingerprint density at radius 3 is 2.66 bits per heavy atom. The summed E-state index contributed by atoms with van der Waals surface area (Å²) in [5, 5.41) is 14.5. The average molecular weight is 395 g/mol. The Kier molecular flexibility index (Phi) is 6.43. The molecule has 3 rings (SSSR count). The summed E-state index contributed by atoms with van der Waals surface area (Å²) in [6.45, 7) is 6.50. The summed E-state index contributed by atoms with van der Waals surface area (Å²) in [6, 6.07) is 10.8. The van der Waals surface area contributed by atoms with Crippen molar-refractivity contribution in [2.45, 2.75) is 33.6 Å². The predicted octanol–water partition coefficient (Wildman–Crippen LogP) is 3.72. The van der Waals surface area contributed by atoms with E-state index in [1.165, 1.54) is 0 Å². The summed E-state index contributed by atoms with van der Waals surface area (Å²) in [5.74, 6) is 1.58. The topological polar surface area (TPSA) is 91.2 Å². The number of aryl methyl sites for hydroxylation is 2. The maximum Gasteiger partial charge on any atom is 0.255 e. The number of methoxy groups -OCH3 is 1. The first-order chi connectivity index (χ1) is 14.0. The van der Waals surface area contributed by atoms with Crippen LogP contribution in [0.4, 0.5) is 5.69 Å². The minimum atomic E-state index is -0.244. The van der Waals surface area contributed by atoms with Gasteiger partial charge in [0, 0.05) is 11.3 Å². The normalized spacial score (nSPS) is 10.6. The summed E-state index contributed by atoms with van der Waals surface area (Å²) in [7, 11) is 1.56. The van der Waals surface area contributed by atoms with Gasteiger partial charge in [-0.1, -0.05) is 19.4 Å². The van der Waals surface area contributed by atoms with Gasteiger partial charge in [0.05, 0.1) is 19.4 Å². The highest BCUT2D eigenvalue weighted by Crippen LogP contribution is 2.29. The van der Waals surface area contributed by atoms with Gasteiger partial charge in [0.15, 0.2) is 17.3 Å². The van der Waals surface area contributed by atoms with Crippen LogP contribution in [0, 0.1) is 13.8 Å². The number of nitrogens with zero attached hydrogens (tertiary/aromatic N) is 4. The van der Waals surface area contributed by atoms with E-state index in [9.17, 15) is 4.79 Å². The van der Waals surface area contributed by atoms with E-state index in [0.717, 1.165) is 24.1 Å². The van der Waals surface area contributed by atoms with Crippen molar-refractivity contribution in [3.8, 4) is 17.2 Å². The van der Waals surface area contributed by atoms with Crippen molar-refractivity contribution in [3.05, 3.63) is 53.3 Å². The van der Waals surface area contributed by atoms with Gasteiger partial charge in [0.25, 0.3) is 5.91 Å². The van der Waals surface area contributed by atoms with Gasteiger partial charge in [-0.05, 0) is 66.6 Å². The lowest BCUT2D eigenvalue weighted by molar-refractivity contribution is 0.102. The lowest BCUT2D eigenvalue weighted by Gasteiger charge is -2.13. The van der Waals surface area contributed by atoms with Gasteiger partial charge in [-0.15, -0.1) is 5.10 Å². The van der Waals surface area contributed by atoms with Crippen LogP contribution in [0.1, 0.15) is 41.5 Å². The van der Waals surface area contributed by atoms with E-state index in [1.807, 2.05) is 32.0 Å². The van der Waals surface area contributed by atoms with Crippen LogP contribution in [0.15, 0.2) is 36.4 Å². The molecule has 8 nitrogen and oxygen atoms in total. The maximum atomic E-state index is 12.7. The molecule has 2 aromatic carbocycles. The van der Waals surface area contributed by atoms with E-state index in [-0.39, 0.29) is 5.91 Å². The highest BCUT2D eigenvalue weighted by atomic mass is 16.5. The number of benzene rings is 2. The molecule has 0 aliphatic heterocycles. The summed E-state index contributed by atoms with van der Waals surface area (Å²) in [5.41, 5.74) is 2.93. The number of hydrogen-bond acceptors (Lipinski definition) is 6. The zero-order valence-electron chi connectivity index (χ0n) is 17.1. The summed E-state index contributed by atoms with van der Waals surface area (Å²) in [6.07, 6.45) is 2.01. The molecule has 1 aromatic heterocycles. The molecule has 0 bridgehead atoms. The molecular formula is C21H25N5O3. The number of amides is 1. The third kappa shape index (κ3) is 4.71. The largest absolute Gasteiger partial charge is 0.493 e. The zero-order valence-corrected chi connectivity index (χ0v) is 17.1. The quantitative estimate of drug-likeness (QED) is 0.585. The van der Waals surface area contributed by atoms with Crippen LogP contribution in [-0.2, 0) is 0 Å². The van der Waals surface area contributed by atoms with E-state index in [1.54, 1.807) is 30.0 Å². The van der Waals surface area contributed by atoms with Crippen molar-refractivity contribution < 1.29 is 14.3 Å². The van der Waals surface area contributed by atoms with Crippen molar-refractivity contribution in [2.24, 2.45) is 0 Å². The van der Waals surface area contributed by atoms with Crippen LogP contribution >= 0.6 is 0 Å². The molecule has 0 atom stereocenters. The number of carbonyl (C=O) groups is 1. The number of unbranched alkanes of at least 4 members (excludes halogenated alkanes) is 1. The Morgan fingerprint density at radius 1 is 1.14 bits per heavy atom. The molecular weight excluding hydrogens is 370 g/mol. The fourth-order valence-electron chi connectivity index (χ4n) is 2.83. The lowest BCUT2D eigenvalue weighted by Crippen LogP contribution is -2.13. The second kappa shape index (κ2) is 9.18. The number of carbonyl (C=O) groups excluding carboxylic acids is 1. The molecule has 0 aliphatic carbocycles. The van der Waals surface area contributed by atoms with Gasteiger partial charge in [0.2, 0.25) is 0 Å². The molecule has 0 spiro atoms. The Hall–Kier alpha value is -3.42. The first kappa shape index (κ1) is 20.3. The van der Waals surface area contributed by atoms with Crippen LogP contribution in [0.2, 0.25) is 0 Å². The van der Waals surface area contributed by atoms with Gasteiger partial charge >= 0.3 is 0 Å². The van der Waals surface area contributed by atoms with Crippen LogP contribution in [0.25, 0.3) is 5.69 Å². The summed E-state index contributed by atoms with van der Waals surface area (Å²) < 4.78 is 12.7. The van der Waals surface area contributed by atoms with Crippen molar-refractivity contribution >= 4 is 11.6 Å². The van der Waals surface area contributed by atoms with E-state index in [2.05, 4.69) is 27.8 Å². The molecule has 0 unspecified atom stereocenters. The van der Waals surface area contributed by atoms with Crippen LogP contribution in [0.5, 0.6) is 11.5 Å². The number of tetrazole rings is 1. The second-order valence-electron chi connectivity index (χ2n) is 6.66. The van der Waals surface area contributed by atoms with Gasteiger partial charge < -0.3 is 14.8 Å². The zero-order chi connectivity index (χ0) is 20.8. The minimum absolute atomic E-state index is 0.244. The molecule has 152 valence electrons. The Balaban J connectivity index is 1.79. The first-order valence-corrected chi connectivity index (χ1v) is 9.51.